The fourth-order valence-electron chi connectivity index (χ4n) is 3.59. The first-order valence-electron chi connectivity index (χ1n) is 12.0. The second-order valence-corrected chi connectivity index (χ2v) is 10.0. The van der Waals surface area contributed by atoms with E-state index in [-0.39, 0.29) is 41.1 Å². The molecular weight excluding hydrogens is 403 g/mol. The fourth-order valence-corrected chi connectivity index (χ4v) is 4.53. The van der Waals surface area contributed by atoms with Crippen LogP contribution in [0.2, 0.25) is 0 Å². The van der Waals surface area contributed by atoms with Gasteiger partial charge in [0, 0.05) is 29.6 Å². The summed E-state index contributed by atoms with van der Waals surface area (Å²) in [6.45, 7) is 4.50. The number of benzene rings is 1. The van der Waals surface area contributed by atoms with Crippen molar-refractivity contribution in [1.82, 2.24) is 0 Å². The zero-order chi connectivity index (χ0) is 21.2. The van der Waals surface area contributed by atoms with Crippen molar-refractivity contribution < 1.29 is 12.6 Å². The second-order valence-electron chi connectivity index (χ2n) is 8.39. The molecule has 0 saturated heterocycles. The zero-order valence-electron chi connectivity index (χ0n) is 20.0. The number of aryl methyl sites for hydroxylation is 1. The molecule has 1 radical (unpaired) electrons. The van der Waals surface area contributed by atoms with Gasteiger partial charge in [0.25, 0.3) is 10.1 Å². The van der Waals surface area contributed by atoms with Crippen LogP contribution in [0.5, 0.6) is 0 Å². The SMILES string of the molecule is CCCCCCCCCCCCCCCCCCOS(=O)(=O)c1ccc(C)cc1.[Na]. The fraction of sp³-hybridized carbons (Fsp3) is 0.760. The molecule has 0 aromatic heterocycles. The normalized spacial score (nSPS) is 11.4. The van der Waals surface area contributed by atoms with Crippen LogP contribution in [-0.2, 0) is 14.3 Å². The molecule has 0 amide bonds. The molecular formula is C25H44NaO3S. The molecule has 0 fully saturated rings. The molecule has 0 unspecified atom stereocenters. The van der Waals surface area contributed by atoms with Gasteiger partial charge in [-0.3, -0.25) is 4.18 Å². The van der Waals surface area contributed by atoms with E-state index in [1.165, 1.54) is 89.9 Å². The van der Waals surface area contributed by atoms with E-state index in [1.54, 1.807) is 24.3 Å². The third-order valence-corrected chi connectivity index (χ3v) is 6.87. The molecule has 0 saturated carbocycles. The number of unbranched alkanes of at least 4 members (excludes halogenated alkanes) is 15. The standard InChI is InChI=1S/C25H44O3S.Na/c1-3-4-5-6-7-8-9-10-11-12-13-14-15-16-17-18-23-28-29(26,27)25-21-19-24(2)20-22-25;/h19-22H,3-18,23H2,1-2H3;. The summed E-state index contributed by atoms with van der Waals surface area (Å²) in [5.41, 5.74) is 1.04. The Bertz CT molecular complexity index is 599. The molecule has 1 aromatic carbocycles. The molecule has 169 valence electrons. The Morgan fingerprint density at radius 2 is 1.00 bits per heavy atom. The van der Waals surface area contributed by atoms with Crippen molar-refractivity contribution in [1.29, 1.82) is 0 Å². The first kappa shape index (κ1) is 30.1. The molecule has 0 N–H and O–H groups in total. The average molecular weight is 448 g/mol. The van der Waals surface area contributed by atoms with E-state index in [1.807, 2.05) is 6.92 Å². The molecule has 0 aliphatic rings. The third-order valence-electron chi connectivity index (χ3n) is 5.55. The van der Waals surface area contributed by atoms with Gasteiger partial charge in [0.15, 0.2) is 0 Å². The topological polar surface area (TPSA) is 43.4 Å². The van der Waals surface area contributed by atoms with Gasteiger partial charge >= 0.3 is 0 Å². The first-order valence-corrected chi connectivity index (χ1v) is 13.4. The number of hydrogen-bond donors (Lipinski definition) is 0. The second kappa shape index (κ2) is 19.8. The molecule has 5 heteroatoms. The summed E-state index contributed by atoms with van der Waals surface area (Å²) >= 11 is 0. The Hall–Kier alpha value is 0.130. The van der Waals surface area contributed by atoms with Crippen LogP contribution in [0.4, 0.5) is 0 Å². The maximum atomic E-state index is 12.1. The van der Waals surface area contributed by atoms with Gasteiger partial charge in [-0.1, -0.05) is 121 Å². The van der Waals surface area contributed by atoms with Crippen molar-refractivity contribution in [2.24, 2.45) is 0 Å². The molecule has 1 rings (SSSR count). The van der Waals surface area contributed by atoms with Crippen LogP contribution in [0, 0.1) is 6.92 Å². The van der Waals surface area contributed by atoms with Gasteiger partial charge in [-0.05, 0) is 25.5 Å². The first-order chi connectivity index (χ1) is 14.1. The third kappa shape index (κ3) is 15.9. The number of rotatable bonds is 19. The van der Waals surface area contributed by atoms with Gasteiger partial charge in [0.1, 0.15) is 0 Å². The van der Waals surface area contributed by atoms with Crippen molar-refractivity contribution in [2.45, 2.75) is 121 Å². The van der Waals surface area contributed by atoms with E-state index in [0.717, 1.165) is 18.4 Å². The Kier molecular flexibility index (Phi) is 19.9. The summed E-state index contributed by atoms with van der Waals surface area (Å²) in [5.74, 6) is 0. The van der Waals surface area contributed by atoms with Crippen molar-refractivity contribution in [3.05, 3.63) is 29.8 Å². The van der Waals surface area contributed by atoms with Gasteiger partial charge in [0.05, 0.1) is 11.5 Å². The van der Waals surface area contributed by atoms with E-state index in [2.05, 4.69) is 6.92 Å². The van der Waals surface area contributed by atoms with Crippen LogP contribution in [0.1, 0.15) is 115 Å². The predicted octanol–water partition coefficient (Wildman–Crippen LogP) is 7.58. The average Bonchev–Trinajstić information content (AvgIpc) is 2.70. The van der Waals surface area contributed by atoms with Crippen molar-refractivity contribution >= 4 is 39.7 Å². The van der Waals surface area contributed by atoms with Crippen molar-refractivity contribution in [2.75, 3.05) is 6.61 Å². The smallest absolute Gasteiger partial charge is 0.266 e. The molecule has 3 nitrogen and oxygen atoms in total. The van der Waals surface area contributed by atoms with E-state index in [0.29, 0.717) is 0 Å². The monoisotopic (exact) mass is 447 g/mol. The summed E-state index contributed by atoms with van der Waals surface area (Å²) in [5, 5.41) is 0. The number of hydrogen-bond acceptors (Lipinski definition) is 3. The minimum absolute atomic E-state index is 0. The maximum Gasteiger partial charge on any atom is 0.296 e. The van der Waals surface area contributed by atoms with Gasteiger partial charge in [-0.25, -0.2) is 0 Å². The van der Waals surface area contributed by atoms with Crippen LogP contribution < -0.4 is 0 Å². The maximum absolute atomic E-state index is 12.1. The summed E-state index contributed by atoms with van der Waals surface area (Å²) in [6.07, 6.45) is 20.9. The molecule has 0 atom stereocenters. The zero-order valence-corrected chi connectivity index (χ0v) is 22.8. The van der Waals surface area contributed by atoms with E-state index >= 15 is 0 Å². The Balaban J connectivity index is 0.00000841. The van der Waals surface area contributed by atoms with Crippen molar-refractivity contribution in [3.63, 3.8) is 0 Å². The molecule has 1 aromatic rings. The van der Waals surface area contributed by atoms with Gasteiger partial charge in [0.2, 0.25) is 0 Å². The van der Waals surface area contributed by atoms with Crippen LogP contribution in [0.3, 0.4) is 0 Å². The summed E-state index contributed by atoms with van der Waals surface area (Å²) < 4.78 is 29.3. The van der Waals surface area contributed by atoms with Crippen LogP contribution in [-0.4, -0.2) is 44.6 Å². The van der Waals surface area contributed by atoms with Crippen LogP contribution in [0.15, 0.2) is 29.2 Å². The molecule has 0 aliphatic heterocycles. The molecule has 0 bridgehead atoms. The molecule has 0 aliphatic carbocycles. The van der Waals surface area contributed by atoms with Gasteiger partial charge in [-0.2, -0.15) is 8.42 Å². The quantitative estimate of drug-likeness (QED) is 0.125. The Labute approximate surface area is 209 Å². The summed E-state index contributed by atoms with van der Waals surface area (Å²) in [6, 6.07) is 6.81. The minimum Gasteiger partial charge on any atom is -0.266 e. The van der Waals surface area contributed by atoms with E-state index in [4.69, 9.17) is 4.18 Å². The summed E-state index contributed by atoms with van der Waals surface area (Å²) in [7, 11) is -3.60. The van der Waals surface area contributed by atoms with Gasteiger partial charge < -0.3 is 0 Å². The molecule has 0 spiro atoms. The van der Waals surface area contributed by atoms with Crippen molar-refractivity contribution in [3.8, 4) is 0 Å². The minimum atomic E-state index is -3.60. The Morgan fingerprint density at radius 3 is 1.40 bits per heavy atom. The Morgan fingerprint density at radius 1 is 0.633 bits per heavy atom. The van der Waals surface area contributed by atoms with E-state index in [9.17, 15) is 8.42 Å². The summed E-state index contributed by atoms with van der Waals surface area (Å²) in [4.78, 5) is 0.250. The largest absolute Gasteiger partial charge is 0.296 e. The van der Waals surface area contributed by atoms with Crippen LogP contribution in [0.25, 0.3) is 0 Å². The molecule has 30 heavy (non-hydrogen) atoms. The van der Waals surface area contributed by atoms with Crippen LogP contribution >= 0.6 is 0 Å². The molecule has 0 heterocycles. The van der Waals surface area contributed by atoms with E-state index < -0.39 is 10.1 Å². The predicted molar refractivity (Wildman–Crippen MR) is 130 cm³/mol. The van der Waals surface area contributed by atoms with Gasteiger partial charge in [-0.15, -0.1) is 0 Å².